The molecule has 1 atom stereocenters. The second-order valence-corrected chi connectivity index (χ2v) is 6.52. The predicted octanol–water partition coefficient (Wildman–Crippen LogP) is 3.24. The van der Waals surface area contributed by atoms with Crippen LogP contribution in [0.1, 0.15) is 24.5 Å². The zero-order chi connectivity index (χ0) is 18.5. The molecule has 0 aliphatic carbocycles. The summed E-state index contributed by atoms with van der Waals surface area (Å²) in [6.45, 7) is 3.02. The smallest absolute Gasteiger partial charge is 0.229 e. The van der Waals surface area contributed by atoms with Gasteiger partial charge in [0.25, 0.3) is 0 Å². The number of amides is 2. The third-order valence-corrected chi connectivity index (χ3v) is 4.77. The van der Waals surface area contributed by atoms with E-state index in [-0.39, 0.29) is 24.2 Å². The summed E-state index contributed by atoms with van der Waals surface area (Å²) in [5.74, 6) is 0.403. The Kier molecular flexibility index (Phi) is 5.56. The maximum atomic E-state index is 12.6. The quantitative estimate of drug-likeness (QED) is 0.868. The number of aryl methyl sites for hydroxylation is 1. The molecular weight excluding hydrogens is 328 g/mol. The number of benzene rings is 2. The lowest BCUT2D eigenvalue weighted by molar-refractivity contribution is -0.128. The van der Waals surface area contributed by atoms with Crippen molar-refractivity contribution >= 4 is 17.5 Å². The molecule has 2 amide bonds. The summed E-state index contributed by atoms with van der Waals surface area (Å²) < 4.78 is 5.15. The maximum absolute atomic E-state index is 12.6. The van der Waals surface area contributed by atoms with E-state index in [1.165, 1.54) is 0 Å². The largest absolute Gasteiger partial charge is 0.497 e. The summed E-state index contributed by atoms with van der Waals surface area (Å²) in [6, 6.07) is 15.4. The van der Waals surface area contributed by atoms with E-state index in [4.69, 9.17) is 4.74 Å². The SMILES string of the molecule is CCc1ccccc1NC(=O)C1CC(=O)N(Cc2ccc(OC)cc2)C1. The van der Waals surface area contributed by atoms with Crippen molar-refractivity contribution in [3.63, 3.8) is 0 Å². The second kappa shape index (κ2) is 8.04. The van der Waals surface area contributed by atoms with Crippen molar-refractivity contribution in [3.8, 4) is 5.75 Å². The molecule has 1 fully saturated rings. The van der Waals surface area contributed by atoms with E-state index < -0.39 is 0 Å². The number of ether oxygens (including phenoxy) is 1. The lowest BCUT2D eigenvalue weighted by Crippen LogP contribution is -2.28. The van der Waals surface area contributed by atoms with Crippen LogP contribution in [0.4, 0.5) is 5.69 Å². The average Bonchev–Trinajstić information content (AvgIpc) is 3.03. The number of likely N-dealkylation sites (tertiary alicyclic amines) is 1. The Labute approximate surface area is 154 Å². The molecule has 26 heavy (non-hydrogen) atoms. The summed E-state index contributed by atoms with van der Waals surface area (Å²) in [4.78, 5) is 26.7. The number of hydrogen-bond donors (Lipinski definition) is 1. The van der Waals surface area contributed by atoms with Crippen molar-refractivity contribution in [2.75, 3.05) is 19.0 Å². The highest BCUT2D eigenvalue weighted by molar-refractivity contribution is 5.97. The maximum Gasteiger partial charge on any atom is 0.229 e. The Bertz CT molecular complexity index is 786. The van der Waals surface area contributed by atoms with Gasteiger partial charge in [0.05, 0.1) is 13.0 Å². The van der Waals surface area contributed by atoms with Gasteiger partial charge in [0.15, 0.2) is 0 Å². The molecule has 1 N–H and O–H groups in total. The molecular formula is C21H24N2O3. The van der Waals surface area contributed by atoms with Crippen LogP contribution in [-0.4, -0.2) is 30.4 Å². The van der Waals surface area contributed by atoms with Crippen LogP contribution < -0.4 is 10.1 Å². The van der Waals surface area contributed by atoms with E-state index in [0.29, 0.717) is 13.1 Å². The first-order valence-corrected chi connectivity index (χ1v) is 8.90. The van der Waals surface area contributed by atoms with Gasteiger partial charge in [-0.15, -0.1) is 0 Å². The van der Waals surface area contributed by atoms with Crippen LogP contribution in [0.5, 0.6) is 5.75 Å². The molecule has 1 aliphatic rings. The standard InChI is InChI=1S/C21H24N2O3/c1-3-16-6-4-5-7-19(16)22-21(25)17-12-20(24)23(14-17)13-15-8-10-18(26-2)11-9-15/h4-11,17H,3,12-14H2,1-2H3,(H,22,25). The molecule has 5 nitrogen and oxygen atoms in total. The van der Waals surface area contributed by atoms with Gasteiger partial charge < -0.3 is 15.0 Å². The molecule has 1 saturated heterocycles. The molecule has 3 rings (SSSR count). The third-order valence-electron chi connectivity index (χ3n) is 4.77. The van der Waals surface area contributed by atoms with E-state index in [2.05, 4.69) is 12.2 Å². The number of nitrogens with one attached hydrogen (secondary N) is 1. The fourth-order valence-electron chi connectivity index (χ4n) is 3.24. The lowest BCUT2D eigenvalue weighted by Gasteiger charge is -2.17. The monoisotopic (exact) mass is 352 g/mol. The fraction of sp³-hybridized carbons (Fsp3) is 0.333. The minimum absolute atomic E-state index is 0.0183. The molecule has 1 aliphatic heterocycles. The second-order valence-electron chi connectivity index (χ2n) is 6.52. The summed E-state index contributed by atoms with van der Waals surface area (Å²) in [7, 11) is 1.62. The first-order valence-electron chi connectivity index (χ1n) is 8.90. The molecule has 1 heterocycles. The van der Waals surface area contributed by atoms with Gasteiger partial charge in [0, 0.05) is 25.2 Å². The minimum atomic E-state index is -0.314. The molecule has 0 bridgehead atoms. The van der Waals surface area contributed by atoms with Crippen molar-refractivity contribution in [1.82, 2.24) is 4.90 Å². The third kappa shape index (κ3) is 4.04. The lowest BCUT2D eigenvalue weighted by atomic mass is 10.1. The van der Waals surface area contributed by atoms with Crippen molar-refractivity contribution in [1.29, 1.82) is 0 Å². The summed E-state index contributed by atoms with van der Waals surface area (Å²) in [5.41, 5.74) is 2.96. The Hall–Kier alpha value is -2.82. The van der Waals surface area contributed by atoms with Crippen LogP contribution in [0.25, 0.3) is 0 Å². The molecule has 0 saturated carbocycles. The average molecular weight is 352 g/mol. The molecule has 0 spiro atoms. The molecule has 2 aromatic carbocycles. The normalized spacial score (nSPS) is 16.6. The molecule has 5 heteroatoms. The minimum Gasteiger partial charge on any atom is -0.497 e. The number of nitrogens with zero attached hydrogens (tertiary/aromatic N) is 1. The highest BCUT2D eigenvalue weighted by Crippen LogP contribution is 2.24. The van der Waals surface area contributed by atoms with Gasteiger partial charge in [-0.1, -0.05) is 37.3 Å². The number of para-hydroxylation sites is 1. The van der Waals surface area contributed by atoms with E-state index in [0.717, 1.165) is 29.0 Å². The van der Waals surface area contributed by atoms with Crippen LogP contribution >= 0.6 is 0 Å². The van der Waals surface area contributed by atoms with Gasteiger partial charge in [0.1, 0.15) is 5.75 Å². The predicted molar refractivity (Wildman–Crippen MR) is 101 cm³/mol. The first-order chi connectivity index (χ1) is 12.6. The van der Waals surface area contributed by atoms with E-state index in [9.17, 15) is 9.59 Å². The van der Waals surface area contributed by atoms with E-state index >= 15 is 0 Å². The molecule has 136 valence electrons. The topological polar surface area (TPSA) is 58.6 Å². The number of rotatable bonds is 6. The molecule has 0 aromatic heterocycles. The van der Waals surface area contributed by atoms with Crippen molar-refractivity contribution in [2.45, 2.75) is 26.3 Å². The zero-order valence-electron chi connectivity index (χ0n) is 15.2. The van der Waals surface area contributed by atoms with Crippen LogP contribution in [0.3, 0.4) is 0 Å². The van der Waals surface area contributed by atoms with Gasteiger partial charge in [-0.3, -0.25) is 9.59 Å². The Morgan fingerprint density at radius 1 is 1.19 bits per heavy atom. The van der Waals surface area contributed by atoms with Crippen molar-refractivity contribution in [3.05, 3.63) is 59.7 Å². The first kappa shape index (κ1) is 18.0. The van der Waals surface area contributed by atoms with E-state index in [1.54, 1.807) is 12.0 Å². The van der Waals surface area contributed by atoms with Gasteiger partial charge in [-0.25, -0.2) is 0 Å². The van der Waals surface area contributed by atoms with Gasteiger partial charge in [-0.2, -0.15) is 0 Å². The van der Waals surface area contributed by atoms with Crippen LogP contribution in [0, 0.1) is 5.92 Å². The highest BCUT2D eigenvalue weighted by atomic mass is 16.5. The highest BCUT2D eigenvalue weighted by Gasteiger charge is 2.34. The number of methoxy groups -OCH3 is 1. The number of carbonyl (C=O) groups excluding carboxylic acids is 2. The van der Waals surface area contributed by atoms with Crippen LogP contribution in [0.15, 0.2) is 48.5 Å². The molecule has 2 aromatic rings. The van der Waals surface area contributed by atoms with Gasteiger partial charge in [-0.05, 0) is 35.7 Å². The molecule has 1 unspecified atom stereocenters. The van der Waals surface area contributed by atoms with E-state index in [1.807, 2.05) is 48.5 Å². The van der Waals surface area contributed by atoms with Crippen LogP contribution in [0.2, 0.25) is 0 Å². The molecule has 0 radical (unpaired) electrons. The number of anilines is 1. The number of hydrogen-bond acceptors (Lipinski definition) is 3. The van der Waals surface area contributed by atoms with Gasteiger partial charge >= 0.3 is 0 Å². The van der Waals surface area contributed by atoms with Crippen LogP contribution in [-0.2, 0) is 22.6 Å². The Balaban J connectivity index is 1.62. The Morgan fingerprint density at radius 3 is 2.62 bits per heavy atom. The van der Waals surface area contributed by atoms with Crippen molar-refractivity contribution in [2.24, 2.45) is 5.92 Å². The van der Waals surface area contributed by atoms with Crippen molar-refractivity contribution < 1.29 is 14.3 Å². The zero-order valence-corrected chi connectivity index (χ0v) is 15.2. The summed E-state index contributed by atoms with van der Waals surface area (Å²) in [5, 5.41) is 2.99. The summed E-state index contributed by atoms with van der Waals surface area (Å²) in [6.07, 6.45) is 1.11. The van der Waals surface area contributed by atoms with Gasteiger partial charge in [0.2, 0.25) is 11.8 Å². The number of carbonyl (C=O) groups is 2. The summed E-state index contributed by atoms with van der Waals surface area (Å²) >= 11 is 0. The fourth-order valence-corrected chi connectivity index (χ4v) is 3.24. The Morgan fingerprint density at radius 2 is 1.92 bits per heavy atom.